The van der Waals surface area contributed by atoms with Crippen LogP contribution in [0.3, 0.4) is 0 Å². The van der Waals surface area contributed by atoms with E-state index in [1.807, 2.05) is 6.92 Å². The van der Waals surface area contributed by atoms with Crippen LogP contribution >= 0.6 is 11.6 Å². The first-order valence-corrected chi connectivity index (χ1v) is 5.36. The summed E-state index contributed by atoms with van der Waals surface area (Å²) in [5, 5.41) is 5.51. The molecule has 2 N–H and O–H groups in total. The molecule has 3 amide bonds. The van der Waals surface area contributed by atoms with Gasteiger partial charge in [0, 0.05) is 5.02 Å². The third kappa shape index (κ3) is 1.55. The number of urea groups is 1. The fourth-order valence-corrected chi connectivity index (χ4v) is 2.01. The predicted molar refractivity (Wildman–Crippen MR) is 60.1 cm³/mol. The molecule has 0 unspecified atom stereocenters. The molecular formula is C11H11ClN2O2. The molecule has 1 saturated heterocycles. The topological polar surface area (TPSA) is 58.2 Å². The van der Waals surface area contributed by atoms with Gasteiger partial charge in [0.15, 0.2) is 0 Å². The molecule has 1 aromatic carbocycles. The Morgan fingerprint density at radius 2 is 1.88 bits per heavy atom. The van der Waals surface area contributed by atoms with Crippen LogP contribution in [0.4, 0.5) is 4.79 Å². The summed E-state index contributed by atoms with van der Waals surface area (Å²) in [5.74, 6) is -0.317. The molecule has 0 spiro atoms. The second kappa shape index (κ2) is 3.79. The molecule has 5 heteroatoms. The molecule has 84 valence electrons. The van der Waals surface area contributed by atoms with Gasteiger partial charge in [0.05, 0.1) is 0 Å². The Labute approximate surface area is 98.0 Å². The predicted octanol–water partition coefficient (Wildman–Crippen LogP) is 1.78. The first-order valence-electron chi connectivity index (χ1n) is 4.98. The third-order valence-electron chi connectivity index (χ3n) is 2.81. The van der Waals surface area contributed by atoms with Gasteiger partial charge in [-0.1, -0.05) is 30.7 Å². The van der Waals surface area contributed by atoms with Crippen molar-refractivity contribution in [3.63, 3.8) is 0 Å². The third-order valence-corrected chi connectivity index (χ3v) is 3.06. The van der Waals surface area contributed by atoms with Crippen LogP contribution < -0.4 is 10.6 Å². The highest BCUT2D eigenvalue weighted by molar-refractivity contribution is 6.30. The first kappa shape index (κ1) is 11.0. The van der Waals surface area contributed by atoms with Gasteiger partial charge >= 0.3 is 6.03 Å². The fraction of sp³-hybridized carbons (Fsp3) is 0.273. The van der Waals surface area contributed by atoms with Crippen molar-refractivity contribution in [2.45, 2.75) is 18.9 Å². The lowest BCUT2D eigenvalue weighted by atomic mass is 9.87. The van der Waals surface area contributed by atoms with Crippen molar-refractivity contribution in [3.05, 3.63) is 34.9 Å². The van der Waals surface area contributed by atoms with Crippen LogP contribution in [0.2, 0.25) is 5.02 Å². The summed E-state index contributed by atoms with van der Waals surface area (Å²) in [4.78, 5) is 23.0. The van der Waals surface area contributed by atoms with Gasteiger partial charge in [-0.25, -0.2) is 4.79 Å². The Kier molecular flexibility index (Phi) is 2.59. The first-order chi connectivity index (χ1) is 7.58. The molecule has 1 atom stereocenters. The Morgan fingerprint density at radius 3 is 2.31 bits per heavy atom. The smallest absolute Gasteiger partial charge is 0.319 e. The van der Waals surface area contributed by atoms with Crippen molar-refractivity contribution in [3.8, 4) is 0 Å². The summed E-state index contributed by atoms with van der Waals surface area (Å²) >= 11 is 5.78. The summed E-state index contributed by atoms with van der Waals surface area (Å²) < 4.78 is 0. The second-order valence-corrected chi connectivity index (χ2v) is 4.11. The largest absolute Gasteiger partial charge is 0.322 e. The van der Waals surface area contributed by atoms with Crippen LogP contribution in [-0.4, -0.2) is 11.9 Å². The number of benzene rings is 1. The van der Waals surface area contributed by atoms with E-state index in [4.69, 9.17) is 11.6 Å². The van der Waals surface area contributed by atoms with E-state index in [0.29, 0.717) is 11.4 Å². The molecule has 0 bridgehead atoms. The number of rotatable bonds is 2. The van der Waals surface area contributed by atoms with E-state index in [-0.39, 0.29) is 5.91 Å². The Bertz CT molecular complexity index is 444. The highest BCUT2D eigenvalue weighted by atomic mass is 35.5. The van der Waals surface area contributed by atoms with Gasteiger partial charge in [-0.15, -0.1) is 0 Å². The van der Waals surface area contributed by atoms with Crippen LogP contribution in [0, 0.1) is 0 Å². The summed E-state index contributed by atoms with van der Waals surface area (Å²) in [6, 6.07) is 6.44. The highest BCUT2D eigenvalue weighted by Crippen LogP contribution is 2.29. The minimum absolute atomic E-state index is 0.317. The van der Waals surface area contributed by atoms with Gasteiger partial charge < -0.3 is 5.32 Å². The molecule has 1 aliphatic heterocycles. The molecule has 16 heavy (non-hydrogen) atoms. The quantitative estimate of drug-likeness (QED) is 0.772. The standard InChI is InChI=1S/C11H11ClN2O2/c1-2-11(9(15)13-10(16)14-11)7-3-5-8(12)6-4-7/h3-6H,2H2,1H3,(H2,13,14,15,16)/t11-/m1/s1. The maximum absolute atomic E-state index is 11.8. The molecule has 1 heterocycles. The van der Waals surface area contributed by atoms with Crippen molar-refractivity contribution < 1.29 is 9.59 Å². The maximum atomic E-state index is 11.8. The van der Waals surface area contributed by atoms with Crippen LogP contribution in [-0.2, 0) is 10.3 Å². The van der Waals surface area contributed by atoms with E-state index >= 15 is 0 Å². The number of hydrogen-bond acceptors (Lipinski definition) is 2. The number of amides is 3. The zero-order chi connectivity index (χ0) is 11.8. The fourth-order valence-electron chi connectivity index (χ4n) is 1.88. The number of carbonyl (C=O) groups excluding carboxylic acids is 2. The van der Waals surface area contributed by atoms with Crippen molar-refractivity contribution >= 4 is 23.5 Å². The van der Waals surface area contributed by atoms with Gasteiger partial charge in [-0.2, -0.15) is 0 Å². The number of halogens is 1. The summed E-state index contributed by atoms with van der Waals surface area (Å²) in [7, 11) is 0. The lowest BCUT2D eigenvalue weighted by Gasteiger charge is -2.24. The van der Waals surface area contributed by atoms with Gasteiger partial charge in [-0.3, -0.25) is 10.1 Å². The van der Waals surface area contributed by atoms with Crippen LogP contribution in [0.1, 0.15) is 18.9 Å². The molecule has 1 aliphatic rings. The van der Waals surface area contributed by atoms with E-state index in [2.05, 4.69) is 10.6 Å². The summed E-state index contributed by atoms with van der Waals surface area (Å²) in [6.45, 7) is 1.85. The van der Waals surface area contributed by atoms with Crippen molar-refractivity contribution in [2.24, 2.45) is 0 Å². The average molecular weight is 239 g/mol. The minimum atomic E-state index is -0.957. The number of carbonyl (C=O) groups is 2. The van der Waals surface area contributed by atoms with Crippen LogP contribution in [0.5, 0.6) is 0 Å². The molecule has 1 fully saturated rings. The molecule has 1 aromatic rings. The molecule has 2 rings (SSSR count). The SMILES string of the molecule is CC[C@]1(c2ccc(Cl)cc2)NC(=O)NC1=O. The van der Waals surface area contributed by atoms with Crippen molar-refractivity contribution in [2.75, 3.05) is 0 Å². The molecule has 0 radical (unpaired) electrons. The van der Waals surface area contributed by atoms with E-state index in [9.17, 15) is 9.59 Å². The van der Waals surface area contributed by atoms with Gasteiger partial charge in [0.2, 0.25) is 0 Å². The van der Waals surface area contributed by atoms with E-state index < -0.39 is 11.6 Å². The normalized spacial score (nSPS) is 24.1. The lowest BCUT2D eigenvalue weighted by Crippen LogP contribution is -2.43. The summed E-state index contributed by atoms with van der Waals surface area (Å²) in [6.07, 6.45) is 0.492. The monoisotopic (exact) mass is 238 g/mol. The van der Waals surface area contributed by atoms with E-state index in [1.54, 1.807) is 24.3 Å². The highest BCUT2D eigenvalue weighted by Gasteiger charge is 2.45. The van der Waals surface area contributed by atoms with E-state index in [1.165, 1.54) is 0 Å². The van der Waals surface area contributed by atoms with Gasteiger partial charge in [0.25, 0.3) is 5.91 Å². The Balaban J connectivity index is 2.46. The van der Waals surface area contributed by atoms with Gasteiger partial charge in [-0.05, 0) is 24.1 Å². The van der Waals surface area contributed by atoms with Crippen LogP contribution in [0.15, 0.2) is 24.3 Å². The molecule has 4 nitrogen and oxygen atoms in total. The Morgan fingerprint density at radius 1 is 1.25 bits per heavy atom. The number of nitrogens with one attached hydrogen (secondary N) is 2. The molecule has 0 aliphatic carbocycles. The zero-order valence-corrected chi connectivity index (χ0v) is 9.47. The maximum Gasteiger partial charge on any atom is 0.322 e. The van der Waals surface area contributed by atoms with Crippen molar-refractivity contribution in [1.82, 2.24) is 10.6 Å². The minimum Gasteiger partial charge on any atom is -0.319 e. The van der Waals surface area contributed by atoms with Gasteiger partial charge in [0.1, 0.15) is 5.54 Å². The second-order valence-electron chi connectivity index (χ2n) is 3.67. The summed E-state index contributed by atoms with van der Waals surface area (Å²) in [5.41, 5.74) is -0.218. The number of hydrogen-bond donors (Lipinski definition) is 2. The van der Waals surface area contributed by atoms with Crippen molar-refractivity contribution in [1.29, 1.82) is 0 Å². The molecule has 0 aromatic heterocycles. The average Bonchev–Trinajstić information content (AvgIpc) is 2.55. The van der Waals surface area contributed by atoms with E-state index in [0.717, 1.165) is 5.56 Å². The molecule has 0 saturated carbocycles. The Hall–Kier alpha value is -1.55. The number of imide groups is 1. The lowest BCUT2D eigenvalue weighted by molar-refractivity contribution is -0.124. The zero-order valence-electron chi connectivity index (χ0n) is 8.71. The van der Waals surface area contributed by atoms with Crippen LogP contribution in [0.25, 0.3) is 0 Å². The molecular weight excluding hydrogens is 228 g/mol.